The lowest BCUT2D eigenvalue weighted by molar-refractivity contribution is 0.0714. The van der Waals surface area contributed by atoms with Crippen molar-refractivity contribution < 1.29 is 4.79 Å². The van der Waals surface area contributed by atoms with Gasteiger partial charge in [0.2, 0.25) is 0 Å². The molecule has 0 radical (unpaired) electrons. The van der Waals surface area contributed by atoms with Gasteiger partial charge in [0.25, 0.3) is 5.91 Å². The Bertz CT molecular complexity index is 798. The molecule has 5 rings (SSSR count). The van der Waals surface area contributed by atoms with Crippen molar-refractivity contribution in [3.05, 3.63) is 36.2 Å². The highest BCUT2D eigenvalue weighted by Crippen LogP contribution is 2.55. The molecule has 2 aliphatic carbocycles. The van der Waals surface area contributed by atoms with Crippen LogP contribution in [0.5, 0.6) is 0 Å². The van der Waals surface area contributed by atoms with Crippen LogP contribution in [0.3, 0.4) is 0 Å². The normalized spacial score (nSPS) is 24.7. The van der Waals surface area contributed by atoms with Gasteiger partial charge in [-0.25, -0.2) is 0 Å². The van der Waals surface area contributed by atoms with E-state index >= 15 is 0 Å². The van der Waals surface area contributed by atoms with Crippen molar-refractivity contribution in [3.8, 4) is 0 Å². The van der Waals surface area contributed by atoms with Crippen LogP contribution in [-0.4, -0.2) is 43.2 Å². The molecule has 2 saturated carbocycles. The largest absolute Gasteiger partial charge is 0.347 e. The fraction of sp³-hybridized carbons (Fsp3) is 0.632. The summed E-state index contributed by atoms with van der Waals surface area (Å²) >= 11 is 0. The molecule has 1 saturated heterocycles. The van der Waals surface area contributed by atoms with Crippen molar-refractivity contribution in [1.29, 1.82) is 0 Å². The van der Waals surface area contributed by atoms with Crippen LogP contribution in [0.2, 0.25) is 0 Å². The first-order valence-corrected chi connectivity index (χ1v) is 9.45. The quantitative estimate of drug-likeness (QED) is 0.860. The van der Waals surface area contributed by atoms with Crippen LogP contribution >= 0.6 is 0 Å². The molecule has 1 aliphatic heterocycles. The number of carbonyl (C=O) groups is 1. The number of carbonyl (C=O) groups excluding carboxylic acids is 1. The van der Waals surface area contributed by atoms with Crippen LogP contribution in [0.1, 0.15) is 54.3 Å². The first-order chi connectivity index (χ1) is 12.2. The summed E-state index contributed by atoms with van der Waals surface area (Å²) in [6, 6.07) is 3.85. The zero-order valence-electron chi connectivity index (χ0n) is 14.8. The van der Waals surface area contributed by atoms with E-state index in [1.54, 1.807) is 0 Å². The summed E-state index contributed by atoms with van der Waals surface area (Å²) in [6.45, 7) is 2.67. The SMILES string of the molecule is Cn1cccc1C(=O)N1CC(c2nncn2CC2CC2)C2(CCC2)C1. The number of nitrogens with zero attached hydrogens (tertiary/aromatic N) is 5. The minimum absolute atomic E-state index is 0.148. The van der Waals surface area contributed by atoms with Crippen LogP contribution in [0.4, 0.5) is 0 Å². The molecular weight excluding hydrogens is 314 g/mol. The van der Waals surface area contributed by atoms with Crippen molar-refractivity contribution >= 4 is 5.91 Å². The molecule has 1 amide bonds. The monoisotopic (exact) mass is 339 g/mol. The maximum Gasteiger partial charge on any atom is 0.270 e. The first-order valence-electron chi connectivity index (χ1n) is 9.45. The van der Waals surface area contributed by atoms with Gasteiger partial charge in [0.15, 0.2) is 0 Å². The molecule has 3 fully saturated rings. The van der Waals surface area contributed by atoms with Crippen LogP contribution in [-0.2, 0) is 13.6 Å². The number of likely N-dealkylation sites (tertiary alicyclic amines) is 1. The Hall–Kier alpha value is -2.11. The van der Waals surface area contributed by atoms with E-state index in [1.807, 2.05) is 36.3 Å². The Labute approximate surface area is 147 Å². The molecule has 132 valence electrons. The molecule has 1 atom stereocenters. The molecule has 2 aromatic heterocycles. The number of aromatic nitrogens is 4. The molecular formula is C19H25N5O. The van der Waals surface area contributed by atoms with Gasteiger partial charge in [-0.15, -0.1) is 10.2 Å². The molecule has 3 aliphatic rings. The van der Waals surface area contributed by atoms with Gasteiger partial charge >= 0.3 is 0 Å². The third-order valence-electron chi connectivity index (χ3n) is 6.56. The van der Waals surface area contributed by atoms with Gasteiger partial charge in [-0.3, -0.25) is 4.79 Å². The molecule has 6 nitrogen and oxygen atoms in total. The van der Waals surface area contributed by atoms with Crippen LogP contribution in [0, 0.1) is 11.3 Å². The Balaban J connectivity index is 1.43. The summed E-state index contributed by atoms with van der Waals surface area (Å²) in [5.74, 6) is 2.38. The summed E-state index contributed by atoms with van der Waals surface area (Å²) in [5, 5.41) is 8.71. The van der Waals surface area contributed by atoms with E-state index in [0.29, 0.717) is 5.92 Å². The molecule has 1 spiro atoms. The lowest BCUT2D eigenvalue weighted by Crippen LogP contribution is -2.38. The molecule has 25 heavy (non-hydrogen) atoms. The number of aryl methyl sites for hydroxylation is 1. The number of rotatable bonds is 4. The van der Waals surface area contributed by atoms with Gasteiger partial charge in [-0.2, -0.15) is 0 Å². The van der Waals surface area contributed by atoms with Gasteiger partial charge in [0.1, 0.15) is 17.8 Å². The molecule has 2 aromatic rings. The number of hydrogen-bond donors (Lipinski definition) is 0. The second-order valence-electron chi connectivity index (χ2n) is 8.24. The van der Waals surface area contributed by atoms with Gasteiger partial charge < -0.3 is 14.0 Å². The zero-order valence-corrected chi connectivity index (χ0v) is 14.8. The third kappa shape index (κ3) is 2.41. The lowest BCUT2D eigenvalue weighted by atomic mass is 9.62. The fourth-order valence-corrected chi connectivity index (χ4v) is 4.71. The van der Waals surface area contributed by atoms with E-state index in [-0.39, 0.29) is 11.3 Å². The minimum atomic E-state index is 0.148. The minimum Gasteiger partial charge on any atom is -0.347 e. The first kappa shape index (κ1) is 15.2. The Morgan fingerprint density at radius 2 is 2.20 bits per heavy atom. The van der Waals surface area contributed by atoms with Crippen molar-refractivity contribution in [2.45, 2.75) is 44.6 Å². The highest BCUT2D eigenvalue weighted by molar-refractivity contribution is 5.93. The smallest absolute Gasteiger partial charge is 0.270 e. The van der Waals surface area contributed by atoms with Crippen molar-refractivity contribution in [2.24, 2.45) is 18.4 Å². The Morgan fingerprint density at radius 3 is 2.84 bits per heavy atom. The fourth-order valence-electron chi connectivity index (χ4n) is 4.71. The van der Waals surface area contributed by atoms with Crippen molar-refractivity contribution in [1.82, 2.24) is 24.2 Å². The third-order valence-corrected chi connectivity index (χ3v) is 6.56. The zero-order chi connectivity index (χ0) is 17.0. The molecule has 0 bridgehead atoms. The molecule has 1 unspecified atom stereocenters. The van der Waals surface area contributed by atoms with Crippen molar-refractivity contribution in [3.63, 3.8) is 0 Å². The molecule has 3 heterocycles. The van der Waals surface area contributed by atoms with E-state index in [0.717, 1.165) is 37.1 Å². The number of amides is 1. The maximum atomic E-state index is 13.0. The van der Waals surface area contributed by atoms with E-state index in [4.69, 9.17) is 0 Å². The molecule has 6 heteroatoms. The van der Waals surface area contributed by atoms with Crippen LogP contribution < -0.4 is 0 Å². The predicted octanol–water partition coefficient (Wildman–Crippen LogP) is 2.44. The summed E-state index contributed by atoms with van der Waals surface area (Å²) in [7, 11) is 1.94. The second-order valence-corrected chi connectivity index (χ2v) is 8.24. The summed E-state index contributed by atoms with van der Waals surface area (Å²) in [6.07, 6.45) is 10.1. The molecule has 0 N–H and O–H groups in total. The summed E-state index contributed by atoms with van der Waals surface area (Å²) < 4.78 is 4.18. The maximum absolute atomic E-state index is 13.0. The Kier molecular flexibility index (Phi) is 3.30. The topological polar surface area (TPSA) is 56.0 Å². The second kappa shape index (κ2) is 5.44. The van der Waals surface area contributed by atoms with Gasteiger partial charge in [0.05, 0.1) is 0 Å². The molecule has 0 aromatic carbocycles. The summed E-state index contributed by atoms with van der Waals surface area (Å²) in [4.78, 5) is 15.1. The van der Waals surface area contributed by atoms with Crippen LogP contribution in [0.15, 0.2) is 24.7 Å². The highest BCUT2D eigenvalue weighted by atomic mass is 16.2. The van der Waals surface area contributed by atoms with Gasteiger partial charge in [0, 0.05) is 38.8 Å². The van der Waals surface area contributed by atoms with E-state index < -0.39 is 0 Å². The van der Waals surface area contributed by atoms with Crippen LogP contribution in [0.25, 0.3) is 0 Å². The Morgan fingerprint density at radius 1 is 1.36 bits per heavy atom. The lowest BCUT2D eigenvalue weighted by Gasteiger charge is -2.42. The average molecular weight is 339 g/mol. The predicted molar refractivity (Wildman–Crippen MR) is 93.1 cm³/mol. The highest BCUT2D eigenvalue weighted by Gasteiger charge is 2.53. The van der Waals surface area contributed by atoms with E-state index in [1.165, 1.54) is 32.1 Å². The van der Waals surface area contributed by atoms with E-state index in [9.17, 15) is 4.79 Å². The van der Waals surface area contributed by atoms with Crippen molar-refractivity contribution in [2.75, 3.05) is 13.1 Å². The summed E-state index contributed by atoms with van der Waals surface area (Å²) in [5.41, 5.74) is 0.990. The average Bonchev–Trinajstić information content (AvgIpc) is 2.98. The van der Waals surface area contributed by atoms with Gasteiger partial charge in [-0.05, 0) is 49.1 Å². The standard InChI is InChI=1S/C19H25N5O/c1-22-9-2-4-16(22)18(25)23-11-15(19(12-23)7-3-8-19)17-21-20-13-24(17)10-14-5-6-14/h2,4,9,13-15H,3,5-8,10-12H2,1H3. The number of hydrogen-bond acceptors (Lipinski definition) is 3. The van der Waals surface area contributed by atoms with E-state index in [2.05, 4.69) is 19.7 Å². The van der Waals surface area contributed by atoms with Gasteiger partial charge in [-0.1, -0.05) is 6.42 Å².